The number of halogens is 14. The van der Waals surface area contributed by atoms with Gasteiger partial charge >= 0.3 is 54.6 Å². The van der Waals surface area contributed by atoms with Crippen LogP contribution in [0.4, 0.5) is 57.1 Å². The number of primary amides is 1. The summed E-state index contributed by atoms with van der Waals surface area (Å²) in [6.07, 6.45) is 3.27. The first-order chi connectivity index (χ1) is 45.1. The molecule has 0 unspecified atom stereocenters. The Morgan fingerprint density at radius 1 is 0.500 bits per heavy atom. The molecule has 0 saturated heterocycles. The van der Waals surface area contributed by atoms with Crippen molar-refractivity contribution in [3.63, 3.8) is 0 Å². The number of imidazole rings is 1. The Hall–Kier alpha value is -9.76. The van der Waals surface area contributed by atoms with Crippen LogP contribution in [-0.4, -0.2) is 99.9 Å². The highest BCUT2D eigenvalue weighted by molar-refractivity contribution is 9.10. The second-order valence-electron chi connectivity index (χ2n) is 18.7. The molecular formula is C60H49BBrF13N7O13S3. The maximum atomic E-state index is 13.6. The lowest BCUT2D eigenvalue weighted by atomic mass is 9.98. The van der Waals surface area contributed by atoms with E-state index in [1.54, 1.807) is 85.8 Å². The molecule has 521 valence electrons. The molecule has 5 N–H and O–H groups in total. The number of para-hydroxylation sites is 4. The number of fused-ring (bicyclic) bond motifs is 1. The summed E-state index contributed by atoms with van der Waals surface area (Å²) in [6, 6.07) is 41.0. The molecule has 0 aliphatic carbocycles. The van der Waals surface area contributed by atoms with Gasteiger partial charge in [0.05, 0.1) is 46.1 Å². The van der Waals surface area contributed by atoms with Crippen molar-refractivity contribution in [1.29, 1.82) is 0 Å². The van der Waals surface area contributed by atoms with Gasteiger partial charge in [-0.15, -0.1) is 3.63 Å². The first kappa shape index (κ1) is 80.7. The molecule has 6 heterocycles. The molecule has 1 amide bonds. The average Bonchev–Trinajstić information content (AvgIpc) is 1.48. The zero-order valence-electron chi connectivity index (χ0n) is 49.4. The van der Waals surface area contributed by atoms with E-state index >= 15 is 0 Å². The average molecular weight is 1510 g/mol. The number of hydrogen-bond donors (Lipinski definition) is 4. The molecule has 38 heteroatoms. The summed E-state index contributed by atoms with van der Waals surface area (Å²) in [6.45, 7) is 6.23. The van der Waals surface area contributed by atoms with Crippen LogP contribution in [0.5, 0.6) is 23.0 Å². The number of carbonyl (C=O) groups excluding carboxylic acids is 1. The molecule has 0 fully saturated rings. The number of aromatic nitrogens is 6. The van der Waals surface area contributed by atoms with Gasteiger partial charge in [-0.2, -0.15) is 64.8 Å². The molecule has 98 heavy (non-hydrogen) atoms. The van der Waals surface area contributed by atoms with Crippen molar-refractivity contribution in [2.24, 2.45) is 5.73 Å². The van der Waals surface area contributed by atoms with Gasteiger partial charge in [-0.05, 0) is 152 Å². The number of rotatable bonds is 11. The number of pyridine rings is 5. The van der Waals surface area contributed by atoms with Gasteiger partial charge in [0.1, 0.15) is 50.7 Å². The normalized spacial score (nSPS) is 11.4. The molecule has 4 aromatic carbocycles. The van der Waals surface area contributed by atoms with E-state index in [0.29, 0.717) is 57.7 Å². The smallest absolute Gasteiger partial charge is 0.535 e. The van der Waals surface area contributed by atoms with Crippen molar-refractivity contribution < 1.29 is 115 Å². The predicted octanol–water partition coefficient (Wildman–Crippen LogP) is 13.9. The lowest BCUT2D eigenvalue weighted by Crippen LogP contribution is -2.34. The molecular weight excluding hydrogens is 1460 g/mol. The largest absolute Gasteiger partial charge is 0.569 e. The summed E-state index contributed by atoms with van der Waals surface area (Å²) in [5.74, 6) is -2.22. The van der Waals surface area contributed by atoms with E-state index in [-0.39, 0.29) is 59.1 Å². The number of carbonyl (C=O) groups is 1. The maximum absolute atomic E-state index is 13.6. The van der Waals surface area contributed by atoms with Gasteiger partial charge < -0.3 is 29.8 Å². The minimum absolute atomic E-state index is 0. The molecule has 0 atom stereocenters. The molecule has 0 aliphatic heterocycles. The summed E-state index contributed by atoms with van der Waals surface area (Å²) >= 11 is 3.12. The quantitative estimate of drug-likeness (QED) is 0.0307. The second-order valence-corrected chi connectivity index (χ2v) is 24.4. The summed E-state index contributed by atoms with van der Waals surface area (Å²) in [5.41, 5.74) is -5.97. The molecule has 0 saturated carbocycles. The number of benzene rings is 4. The zero-order valence-corrected chi connectivity index (χ0v) is 53.5. The molecule has 10 aromatic rings. The topological polar surface area (TPSA) is 303 Å². The SMILES string of the molecule is C.Cc1nc(-c2ccccc2-c2ccc3ncc(C(N)=O)n3c2)ccc1F.Cc1nc(-c2ccccc2O)ccc1F.Cc1nc(-c2ccccc2OS(=O)(=O)C(F)(F)F)ccc1F.Cc1nc(Br)ccc1F.O=S(=O)(OS(=O)(=O)C(F)(F)F)C(F)(F)F.O[B]Oc1ccccc1O. The van der Waals surface area contributed by atoms with E-state index in [1.807, 2.05) is 46.2 Å². The zero-order chi connectivity index (χ0) is 72.6. The van der Waals surface area contributed by atoms with E-state index in [0.717, 1.165) is 28.8 Å². The third-order valence-corrected chi connectivity index (χ3v) is 15.9. The fraction of sp³-hybridized carbons (Fsp3) is 0.133. The van der Waals surface area contributed by atoms with Crippen molar-refractivity contribution in [3.05, 3.63) is 226 Å². The number of nitrogens with two attached hydrogens (primary N) is 1. The van der Waals surface area contributed by atoms with Crippen LogP contribution in [0.3, 0.4) is 0 Å². The van der Waals surface area contributed by atoms with Gasteiger partial charge in [0.15, 0.2) is 11.5 Å². The number of phenolic OH excluding ortho intramolecular Hbond substituents is 2. The Morgan fingerprint density at radius 3 is 1.31 bits per heavy atom. The lowest BCUT2D eigenvalue weighted by molar-refractivity contribution is -0.0586. The van der Waals surface area contributed by atoms with Gasteiger partial charge in [-0.1, -0.05) is 68.1 Å². The molecule has 10 rings (SSSR count). The van der Waals surface area contributed by atoms with Crippen LogP contribution < -0.4 is 14.6 Å². The van der Waals surface area contributed by atoms with Crippen LogP contribution in [0.15, 0.2) is 175 Å². The summed E-state index contributed by atoms with van der Waals surface area (Å²) in [4.78, 5) is 31.9. The van der Waals surface area contributed by atoms with E-state index in [4.69, 9.17) is 15.9 Å². The van der Waals surface area contributed by atoms with Gasteiger partial charge in [-0.3, -0.25) is 14.2 Å². The lowest BCUT2D eigenvalue weighted by Gasteiger charge is -2.13. The van der Waals surface area contributed by atoms with Crippen molar-refractivity contribution in [2.75, 3.05) is 0 Å². The Kier molecular flexibility index (Phi) is 28.0. The van der Waals surface area contributed by atoms with Gasteiger partial charge in [0.2, 0.25) is 0 Å². The number of amides is 1. The highest BCUT2D eigenvalue weighted by atomic mass is 79.9. The summed E-state index contributed by atoms with van der Waals surface area (Å²) < 4.78 is 233. The van der Waals surface area contributed by atoms with Crippen LogP contribution in [0.1, 0.15) is 40.7 Å². The third kappa shape index (κ3) is 21.9. The number of aromatic hydroxyl groups is 2. The van der Waals surface area contributed by atoms with E-state index < -0.39 is 64.4 Å². The summed E-state index contributed by atoms with van der Waals surface area (Å²) in [7, 11) is -19.0. The van der Waals surface area contributed by atoms with Crippen LogP contribution >= 0.6 is 15.9 Å². The van der Waals surface area contributed by atoms with Crippen molar-refractivity contribution in [1.82, 2.24) is 29.3 Å². The van der Waals surface area contributed by atoms with Gasteiger partial charge in [0.25, 0.3) is 5.91 Å². The minimum atomic E-state index is -6.85. The molecule has 0 bridgehead atoms. The van der Waals surface area contributed by atoms with Crippen LogP contribution in [0, 0.1) is 51.0 Å². The monoisotopic (exact) mass is 1510 g/mol. The summed E-state index contributed by atoms with van der Waals surface area (Å²) in [5, 5.41) is 26.8. The molecule has 20 nitrogen and oxygen atoms in total. The molecule has 6 aromatic heterocycles. The minimum Gasteiger partial charge on any atom is -0.535 e. The highest BCUT2D eigenvalue weighted by Crippen LogP contribution is 2.36. The van der Waals surface area contributed by atoms with Crippen molar-refractivity contribution in [2.45, 2.75) is 51.6 Å². The number of hydrogen-bond acceptors (Lipinski definition) is 18. The Balaban J connectivity index is 0.000000259. The number of phenols is 2. The second kappa shape index (κ2) is 34.0. The third-order valence-electron chi connectivity index (χ3n) is 11.9. The van der Waals surface area contributed by atoms with Crippen LogP contribution in [0.2, 0.25) is 0 Å². The fourth-order valence-electron chi connectivity index (χ4n) is 7.29. The molecule has 1 radical (unpaired) electrons. The van der Waals surface area contributed by atoms with E-state index in [9.17, 15) is 92.2 Å². The Morgan fingerprint density at radius 2 is 0.888 bits per heavy atom. The van der Waals surface area contributed by atoms with Crippen LogP contribution in [0.25, 0.3) is 50.5 Å². The first-order valence-corrected chi connectivity index (χ1v) is 31.3. The fourth-order valence-corrected chi connectivity index (χ4v) is 9.73. The van der Waals surface area contributed by atoms with E-state index in [2.05, 4.69) is 49.7 Å². The first-order valence-electron chi connectivity index (χ1n) is 26.3. The predicted molar refractivity (Wildman–Crippen MR) is 334 cm³/mol. The Labute approximate surface area is 558 Å². The molecule has 0 aliphatic rings. The van der Waals surface area contributed by atoms with Gasteiger partial charge in [0, 0.05) is 22.9 Å². The number of alkyl halides is 9. The number of aryl methyl sites for hydroxylation is 4. The van der Waals surface area contributed by atoms with Crippen molar-refractivity contribution >= 4 is 65.5 Å². The number of nitrogens with zero attached hydrogens (tertiary/aromatic N) is 6. The maximum Gasteiger partial charge on any atom is 0.569 e. The van der Waals surface area contributed by atoms with Gasteiger partial charge in [-0.25, -0.2) is 37.5 Å². The van der Waals surface area contributed by atoms with E-state index in [1.165, 1.54) is 61.7 Å². The molecule has 0 spiro atoms. The Bertz CT molecular complexity index is 4750. The standard InChI is InChI=1S/C20H15FN4O.C13H9F4NO3S.C12H10FNO.C6H6BO3.C6H5BrFN.C2F6O5S2.CH4/c1-12-16(21)7-8-17(24-12)15-5-3-2-4-14(15)13-6-9-19-23-10-18(20(22)26)25(19)11-13;1-8-10(14)6-7-11(18-8)9-4-2-3-5-12(9)21-22(19,20)13(15,16)17;1-8-10(13)6-7-11(14-8)9-4-2-3-5-12(9)15;8-5-3-1-2-4-6(5)10-7-9;1-4-5(8)2-3-6(7)9-4;3-1(4,5)14(9,10)13-15(11,12)2(6,7)8;/h2-11H,1H3,(H2,22,26);2-7H,1H3;2-7,15H,1H3;1-4,8-9H;2-3H,1H3;;1H4. The van der Waals surface area contributed by atoms with Crippen molar-refractivity contribution in [3.8, 4) is 67.9 Å². The highest BCUT2D eigenvalue weighted by Gasteiger charge is 2.57. The van der Waals surface area contributed by atoms with Crippen LogP contribution in [-0.2, 0) is 34.0 Å².